The fraction of sp³-hybridized carbons (Fsp3) is 0.200. The van der Waals surface area contributed by atoms with Crippen LogP contribution in [0.4, 0.5) is 5.69 Å². The first kappa shape index (κ1) is 15.6. The lowest BCUT2D eigenvalue weighted by molar-refractivity contribution is -0.123. The minimum atomic E-state index is -0.0169. The molecule has 5 heteroatoms. The first-order chi connectivity index (χ1) is 12.2. The van der Waals surface area contributed by atoms with Crippen molar-refractivity contribution in [2.45, 2.75) is 13.2 Å². The van der Waals surface area contributed by atoms with Crippen molar-refractivity contribution in [2.75, 3.05) is 11.5 Å². The highest BCUT2D eigenvalue weighted by molar-refractivity contribution is 5.95. The van der Waals surface area contributed by atoms with Crippen molar-refractivity contribution in [1.82, 2.24) is 9.78 Å². The van der Waals surface area contributed by atoms with Gasteiger partial charge in [-0.3, -0.25) is 9.48 Å². The number of ether oxygens (including phenoxy) is 1. The van der Waals surface area contributed by atoms with Gasteiger partial charge in [0.1, 0.15) is 6.61 Å². The molecule has 0 bridgehead atoms. The minimum Gasteiger partial charge on any atom is -0.367 e. The van der Waals surface area contributed by atoms with E-state index in [-0.39, 0.29) is 12.5 Å². The van der Waals surface area contributed by atoms with Crippen LogP contribution >= 0.6 is 0 Å². The molecule has 0 saturated carbocycles. The average Bonchev–Trinajstić information content (AvgIpc) is 3.00. The van der Waals surface area contributed by atoms with E-state index in [1.165, 1.54) is 0 Å². The van der Waals surface area contributed by atoms with E-state index in [0.29, 0.717) is 13.2 Å². The number of carbonyl (C=O) groups is 1. The normalized spacial score (nSPS) is 14.3. The zero-order valence-electron chi connectivity index (χ0n) is 14.1. The zero-order valence-corrected chi connectivity index (χ0v) is 14.1. The van der Waals surface area contributed by atoms with Gasteiger partial charge in [0.2, 0.25) is 0 Å². The van der Waals surface area contributed by atoms with Gasteiger partial charge in [-0.05, 0) is 23.3 Å². The molecule has 126 valence electrons. The molecule has 0 saturated heterocycles. The molecule has 1 aliphatic heterocycles. The fourth-order valence-electron chi connectivity index (χ4n) is 3.11. The molecule has 3 aromatic rings. The molecule has 0 radical (unpaired) electrons. The third kappa shape index (κ3) is 3.19. The largest absolute Gasteiger partial charge is 0.367 e. The molecular formula is C20H19N3O2. The van der Waals surface area contributed by atoms with Crippen LogP contribution in [-0.2, 0) is 29.7 Å². The maximum atomic E-state index is 12.5. The molecule has 4 rings (SSSR count). The van der Waals surface area contributed by atoms with Crippen LogP contribution in [0.2, 0.25) is 0 Å². The maximum Gasteiger partial charge on any atom is 0.253 e. The number of hydrogen-bond donors (Lipinski definition) is 0. The molecule has 0 fully saturated rings. The Balaban J connectivity index is 1.71. The Kier molecular flexibility index (Phi) is 4.07. The Labute approximate surface area is 146 Å². The average molecular weight is 333 g/mol. The van der Waals surface area contributed by atoms with E-state index in [2.05, 4.69) is 11.2 Å². The van der Waals surface area contributed by atoms with Gasteiger partial charge in [0.05, 0.1) is 19.3 Å². The summed E-state index contributed by atoms with van der Waals surface area (Å²) in [6, 6.07) is 16.1. The number of rotatable bonds is 3. The van der Waals surface area contributed by atoms with Gasteiger partial charge in [-0.2, -0.15) is 5.10 Å². The third-order valence-corrected chi connectivity index (χ3v) is 4.38. The van der Waals surface area contributed by atoms with Crippen LogP contribution in [0.15, 0.2) is 60.9 Å². The molecular weight excluding hydrogens is 314 g/mol. The minimum absolute atomic E-state index is 0.0169. The second-order valence-corrected chi connectivity index (χ2v) is 6.20. The first-order valence-corrected chi connectivity index (χ1v) is 8.25. The van der Waals surface area contributed by atoms with Gasteiger partial charge in [-0.1, -0.05) is 36.4 Å². The molecule has 0 aliphatic carbocycles. The van der Waals surface area contributed by atoms with Crippen LogP contribution in [0.3, 0.4) is 0 Å². The lowest BCUT2D eigenvalue weighted by Gasteiger charge is -2.23. The van der Waals surface area contributed by atoms with E-state index in [9.17, 15) is 4.79 Å². The predicted molar refractivity (Wildman–Crippen MR) is 95.9 cm³/mol. The van der Waals surface area contributed by atoms with Gasteiger partial charge in [0, 0.05) is 30.1 Å². The van der Waals surface area contributed by atoms with Crippen LogP contribution in [0, 0.1) is 0 Å². The lowest BCUT2D eigenvalue weighted by Crippen LogP contribution is -2.32. The monoisotopic (exact) mass is 333 g/mol. The molecule has 0 N–H and O–H groups in total. The van der Waals surface area contributed by atoms with Crippen molar-refractivity contribution < 1.29 is 9.53 Å². The Morgan fingerprint density at radius 3 is 2.68 bits per heavy atom. The SMILES string of the molecule is Cn1cc(-c2ccc3c(c2)COCC(=O)N3Cc2ccccc2)cn1. The van der Waals surface area contributed by atoms with Gasteiger partial charge in [-0.25, -0.2) is 0 Å². The number of nitrogens with zero attached hydrogens (tertiary/aromatic N) is 3. The molecule has 1 aromatic heterocycles. The third-order valence-electron chi connectivity index (χ3n) is 4.38. The van der Waals surface area contributed by atoms with Crippen LogP contribution in [0.25, 0.3) is 11.1 Å². The number of benzene rings is 2. The zero-order chi connectivity index (χ0) is 17.2. The summed E-state index contributed by atoms with van der Waals surface area (Å²) in [6.07, 6.45) is 3.82. The molecule has 2 aromatic carbocycles. The van der Waals surface area contributed by atoms with Crippen LogP contribution < -0.4 is 4.90 Å². The summed E-state index contributed by atoms with van der Waals surface area (Å²) in [5.41, 5.74) is 5.15. The van der Waals surface area contributed by atoms with Gasteiger partial charge in [0.25, 0.3) is 5.91 Å². The highest BCUT2D eigenvalue weighted by Gasteiger charge is 2.23. The molecule has 0 atom stereocenters. The number of amides is 1. The molecule has 1 amide bonds. The van der Waals surface area contributed by atoms with Crippen molar-refractivity contribution in [3.8, 4) is 11.1 Å². The summed E-state index contributed by atoms with van der Waals surface area (Å²) in [5, 5.41) is 4.23. The first-order valence-electron chi connectivity index (χ1n) is 8.25. The Hall–Kier alpha value is -2.92. The van der Waals surface area contributed by atoms with Gasteiger partial charge >= 0.3 is 0 Å². The second-order valence-electron chi connectivity index (χ2n) is 6.20. The number of anilines is 1. The quantitative estimate of drug-likeness (QED) is 0.740. The van der Waals surface area contributed by atoms with Gasteiger partial charge < -0.3 is 9.64 Å². The molecule has 5 nitrogen and oxygen atoms in total. The Bertz CT molecular complexity index is 902. The Morgan fingerprint density at radius 1 is 1.08 bits per heavy atom. The number of aromatic nitrogens is 2. The predicted octanol–water partition coefficient (Wildman–Crippen LogP) is 3.15. The summed E-state index contributed by atoms with van der Waals surface area (Å²) in [7, 11) is 1.90. The molecule has 25 heavy (non-hydrogen) atoms. The van der Waals surface area contributed by atoms with E-state index < -0.39 is 0 Å². The molecule has 2 heterocycles. The Morgan fingerprint density at radius 2 is 1.92 bits per heavy atom. The van der Waals surface area contributed by atoms with Crippen LogP contribution in [0.5, 0.6) is 0 Å². The van der Waals surface area contributed by atoms with Gasteiger partial charge in [-0.15, -0.1) is 0 Å². The van der Waals surface area contributed by atoms with E-state index in [1.807, 2.05) is 66.8 Å². The van der Waals surface area contributed by atoms with Crippen molar-refractivity contribution in [3.63, 3.8) is 0 Å². The summed E-state index contributed by atoms with van der Waals surface area (Å²) < 4.78 is 7.37. The van der Waals surface area contributed by atoms with Crippen LogP contribution in [0.1, 0.15) is 11.1 Å². The smallest absolute Gasteiger partial charge is 0.253 e. The molecule has 1 aliphatic rings. The number of hydrogen-bond acceptors (Lipinski definition) is 3. The maximum absolute atomic E-state index is 12.5. The highest BCUT2D eigenvalue weighted by atomic mass is 16.5. The van der Waals surface area contributed by atoms with Crippen LogP contribution in [-0.4, -0.2) is 22.3 Å². The number of fused-ring (bicyclic) bond motifs is 1. The highest BCUT2D eigenvalue weighted by Crippen LogP contribution is 2.31. The summed E-state index contributed by atoms with van der Waals surface area (Å²) >= 11 is 0. The number of carbonyl (C=O) groups excluding carboxylic acids is 1. The molecule has 0 unspecified atom stereocenters. The van der Waals surface area contributed by atoms with Gasteiger partial charge in [0.15, 0.2) is 0 Å². The van der Waals surface area contributed by atoms with Crippen molar-refractivity contribution in [1.29, 1.82) is 0 Å². The van der Waals surface area contributed by atoms with E-state index in [1.54, 1.807) is 4.68 Å². The van der Waals surface area contributed by atoms with Crippen molar-refractivity contribution in [2.24, 2.45) is 7.05 Å². The summed E-state index contributed by atoms with van der Waals surface area (Å²) in [4.78, 5) is 14.3. The van der Waals surface area contributed by atoms with E-state index in [4.69, 9.17) is 4.74 Å². The summed E-state index contributed by atoms with van der Waals surface area (Å²) in [6.45, 7) is 1.08. The molecule has 0 spiro atoms. The van der Waals surface area contributed by atoms with Crippen molar-refractivity contribution >= 4 is 11.6 Å². The summed E-state index contributed by atoms with van der Waals surface area (Å²) in [5.74, 6) is -0.0169. The van der Waals surface area contributed by atoms with E-state index >= 15 is 0 Å². The fourth-order valence-corrected chi connectivity index (χ4v) is 3.11. The lowest BCUT2D eigenvalue weighted by atomic mass is 10.0. The van der Waals surface area contributed by atoms with E-state index in [0.717, 1.165) is 27.9 Å². The van der Waals surface area contributed by atoms with Crippen molar-refractivity contribution in [3.05, 3.63) is 72.1 Å². The topological polar surface area (TPSA) is 47.4 Å². The second kappa shape index (κ2) is 6.53. The number of aryl methyl sites for hydroxylation is 1. The standard InChI is InChI=1S/C20H19N3O2/c1-22-12-18(10-21-22)16-7-8-19-17(9-16)13-25-14-20(24)23(19)11-15-5-3-2-4-6-15/h2-10,12H,11,13-14H2,1H3.